The molecule has 0 amide bonds. The van der Waals surface area contributed by atoms with Crippen LogP contribution >= 0.6 is 0 Å². The number of hydrogen-bond acceptors (Lipinski definition) is 3. The summed E-state index contributed by atoms with van der Waals surface area (Å²) >= 11 is 0. The van der Waals surface area contributed by atoms with Gasteiger partial charge in [0.05, 0.1) is 10.6 Å². The lowest BCUT2D eigenvalue weighted by Crippen LogP contribution is -2.33. The molecule has 1 N–H and O–H groups in total. The van der Waals surface area contributed by atoms with Crippen LogP contribution in [0.25, 0.3) is 0 Å². The summed E-state index contributed by atoms with van der Waals surface area (Å²) in [5.74, 6) is 1.90. The van der Waals surface area contributed by atoms with Crippen LogP contribution in [0.1, 0.15) is 50.6 Å². The van der Waals surface area contributed by atoms with E-state index in [1.807, 2.05) is 18.2 Å². The highest BCUT2D eigenvalue weighted by Gasteiger charge is 2.30. The molecule has 2 aliphatic rings. The summed E-state index contributed by atoms with van der Waals surface area (Å²) in [4.78, 5) is 0.533. The second-order valence-corrected chi connectivity index (χ2v) is 8.81. The molecule has 1 atom stereocenters. The third-order valence-electron chi connectivity index (χ3n) is 5.09. The van der Waals surface area contributed by atoms with Gasteiger partial charge in [0, 0.05) is 6.04 Å². The van der Waals surface area contributed by atoms with Gasteiger partial charge in [-0.15, -0.1) is 0 Å². The summed E-state index contributed by atoms with van der Waals surface area (Å²) in [5.41, 5.74) is 0.966. The van der Waals surface area contributed by atoms with E-state index < -0.39 is 9.84 Å². The van der Waals surface area contributed by atoms with Crippen molar-refractivity contribution in [2.75, 3.05) is 12.3 Å². The Morgan fingerprint density at radius 3 is 2.57 bits per heavy atom. The molecule has 3 rings (SSSR count). The second kappa shape index (κ2) is 6.09. The van der Waals surface area contributed by atoms with Gasteiger partial charge in [0.2, 0.25) is 0 Å². The third-order valence-corrected chi connectivity index (χ3v) is 6.91. The van der Waals surface area contributed by atoms with Gasteiger partial charge in [0.25, 0.3) is 0 Å². The van der Waals surface area contributed by atoms with Crippen molar-refractivity contribution in [3.05, 3.63) is 29.8 Å². The van der Waals surface area contributed by atoms with E-state index in [0.717, 1.165) is 23.9 Å². The maximum absolute atomic E-state index is 12.1. The van der Waals surface area contributed by atoms with Crippen molar-refractivity contribution >= 4 is 9.84 Å². The maximum Gasteiger partial charge on any atom is 0.178 e. The Kier molecular flexibility index (Phi) is 4.36. The molecule has 1 aromatic rings. The molecule has 1 aromatic carbocycles. The first-order valence-electron chi connectivity index (χ1n) is 8.11. The van der Waals surface area contributed by atoms with Crippen molar-refractivity contribution in [2.24, 2.45) is 11.8 Å². The zero-order valence-electron chi connectivity index (χ0n) is 12.7. The molecule has 0 radical (unpaired) electrons. The van der Waals surface area contributed by atoms with E-state index in [0.29, 0.717) is 11.3 Å². The minimum Gasteiger partial charge on any atom is -0.310 e. The van der Waals surface area contributed by atoms with Crippen molar-refractivity contribution in [1.82, 2.24) is 5.32 Å². The topological polar surface area (TPSA) is 46.2 Å². The lowest BCUT2D eigenvalue weighted by atomic mass is 9.83. The Morgan fingerprint density at radius 2 is 1.81 bits per heavy atom. The van der Waals surface area contributed by atoms with Gasteiger partial charge >= 0.3 is 0 Å². The van der Waals surface area contributed by atoms with Crippen LogP contribution in [-0.4, -0.2) is 20.7 Å². The Morgan fingerprint density at radius 1 is 1.10 bits per heavy atom. The Balaban J connectivity index is 1.67. The fourth-order valence-corrected chi connectivity index (χ4v) is 5.27. The number of sulfone groups is 1. The van der Waals surface area contributed by atoms with Crippen LogP contribution in [0.15, 0.2) is 29.2 Å². The average molecular weight is 307 g/mol. The number of hydrogen-bond donors (Lipinski definition) is 1. The van der Waals surface area contributed by atoms with Gasteiger partial charge in [0.1, 0.15) is 0 Å². The molecule has 4 heteroatoms. The average Bonchev–Trinajstić information content (AvgIpc) is 2.48. The molecule has 1 saturated carbocycles. The number of benzene rings is 1. The SMILES string of the molecule is CC1CCC(CNC2CCS(=O)(=O)c3ccccc32)CC1. The molecular formula is C17H25NO2S. The molecule has 1 fully saturated rings. The summed E-state index contributed by atoms with van der Waals surface area (Å²) in [6.45, 7) is 3.36. The zero-order chi connectivity index (χ0) is 14.9. The lowest BCUT2D eigenvalue weighted by Gasteiger charge is -2.30. The molecule has 0 bridgehead atoms. The Labute approximate surface area is 128 Å². The van der Waals surface area contributed by atoms with E-state index in [1.165, 1.54) is 25.7 Å². The molecule has 116 valence electrons. The minimum absolute atomic E-state index is 0.198. The van der Waals surface area contributed by atoms with Crippen LogP contribution < -0.4 is 5.32 Å². The molecular weight excluding hydrogens is 282 g/mol. The quantitative estimate of drug-likeness (QED) is 0.932. The molecule has 1 aliphatic heterocycles. The molecule has 1 unspecified atom stereocenters. The number of fused-ring (bicyclic) bond motifs is 1. The molecule has 3 nitrogen and oxygen atoms in total. The summed E-state index contributed by atoms with van der Waals surface area (Å²) < 4.78 is 24.3. The lowest BCUT2D eigenvalue weighted by molar-refractivity contribution is 0.272. The van der Waals surface area contributed by atoms with Crippen LogP contribution in [-0.2, 0) is 9.84 Å². The highest BCUT2D eigenvalue weighted by Crippen LogP contribution is 2.33. The molecule has 1 heterocycles. The van der Waals surface area contributed by atoms with Crippen molar-refractivity contribution < 1.29 is 8.42 Å². The van der Waals surface area contributed by atoms with Crippen LogP contribution in [0.2, 0.25) is 0 Å². The fraction of sp³-hybridized carbons (Fsp3) is 0.647. The van der Waals surface area contributed by atoms with Crippen molar-refractivity contribution in [3.63, 3.8) is 0 Å². The number of rotatable bonds is 3. The summed E-state index contributed by atoms with van der Waals surface area (Å²) in [6, 6.07) is 7.68. The van der Waals surface area contributed by atoms with Gasteiger partial charge in [-0.1, -0.05) is 38.0 Å². The van der Waals surface area contributed by atoms with E-state index >= 15 is 0 Å². The van der Waals surface area contributed by atoms with Gasteiger partial charge < -0.3 is 5.32 Å². The van der Waals surface area contributed by atoms with Gasteiger partial charge in [0.15, 0.2) is 9.84 Å². The van der Waals surface area contributed by atoms with Crippen LogP contribution in [0.5, 0.6) is 0 Å². The van der Waals surface area contributed by atoms with E-state index in [9.17, 15) is 8.42 Å². The van der Waals surface area contributed by atoms with Crippen molar-refractivity contribution in [2.45, 2.75) is 50.0 Å². The molecule has 0 aromatic heterocycles. The van der Waals surface area contributed by atoms with Gasteiger partial charge in [-0.3, -0.25) is 0 Å². The van der Waals surface area contributed by atoms with Gasteiger partial charge in [-0.25, -0.2) is 8.42 Å². The normalized spacial score (nSPS) is 31.6. The molecule has 0 spiro atoms. The van der Waals surface area contributed by atoms with Gasteiger partial charge in [-0.2, -0.15) is 0 Å². The van der Waals surface area contributed by atoms with Crippen LogP contribution in [0.4, 0.5) is 0 Å². The van der Waals surface area contributed by atoms with Crippen LogP contribution in [0, 0.1) is 11.8 Å². The van der Waals surface area contributed by atoms with Crippen molar-refractivity contribution in [1.29, 1.82) is 0 Å². The highest BCUT2D eigenvalue weighted by atomic mass is 32.2. The standard InChI is InChI=1S/C17H25NO2S/c1-13-6-8-14(9-7-13)12-18-16-10-11-21(19,20)17-5-3-2-4-15(16)17/h2-5,13-14,16,18H,6-12H2,1H3. The van der Waals surface area contributed by atoms with Crippen LogP contribution in [0.3, 0.4) is 0 Å². The monoisotopic (exact) mass is 307 g/mol. The summed E-state index contributed by atoms with van der Waals surface area (Å²) in [7, 11) is -3.07. The molecule has 1 aliphatic carbocycles. The van der Waals surface area contributed by atoms with E-state index in [-0.39, 0.29) is 11.8 Å². The smallest absolute Gasteiger partial charge is 0.178 e. The maximum atomic E-state index is 12.1. The molecule has 21 heavy (non-hydrogen) atoms. The van der Waals surface area contributed by atoms with E-state index in [2.05, 4.69) is 12.2 Å². The fourth-order valence-electron chi connectivity index (χ4n) is 3.64. The predicted molar refractivity (Wildman–Crippen MR) is 85.0 cm³/mol. The second-order valence-electron chi connectivity index (χ2n) is 6.73. The first kappa shape index (κ1) is 15.0. The largest absolute Gasteiger partial charge is 0.310 e. The summed E-state index contributed by atoms with van der Waals surface area (Å²) in [5, 5.41) is 3.64. The Hall–Kier alpha value is -0.870. The van der Waals surface area contributed by atoms with E-state index in [1.54, 1.807) is 6.07 Å². The predicted octanol–water partition coefficient (Wildman–Crippen LogP) is 3.32. The first-order valence-corrected chi connectivity index (χ1v) is 9.76. The highest BCUT2D eigenvalue weighted by molar-refractivity contribution is 7.91. The first-order chi connectivity index (χ1) is 10.1. The third kappa shape index (κ3) is 3.32. The zero-order valence-corrected chi connectivity index (χ0v) is 13.5. The minimum atomic E-state index is -3.07. The Bertz CT molecular complexity index is 589. The van der Waals surface area contributed by atoms with Crippen molar-refractivity contribution in [3.8, 4) is 0 Å². The number of nitrogens with one attached hydrogen (secondary N) is 1. The molecule has 0 saturated heterocycles. The summed E-state index contributed by atoms with van der Waals surface area (Å²) in [6.07, 6.45) is 5.98. The van der Waals surface area contributed by atoms with Gasteiger partial charge in [-0.05, 0) is 49.3 Å². The van der Waals surface area contributed by atoms with E-state index in [4.69, 9.17) is 0 Å².